The number of piperidine rings is 1. The zero-order chi connectivity index (χ0) is 12.3. The van der Waals surface area contributed by atoms with Gasteiger partial charge in [0.05, 0.1) is 6.54 Å². The van der Waals surface area contributed by atoms with E-state index < -0.39 is 0 Å². The van der Waals surface area contributed by atoms with Crippen molar-refractivity contribution in [2.45, 2.75) is 24.9 Å². The topological polar surface area (TPSA) is 73.5 Å². The van der Waals surface area contributed by atoms with Gasteiger partial charge in [0.25, 0.3) is 0 Å². The lowest BCUT2D eigenvalue weighted by Gasteiger charge is -2.31. The Morgan fingerprint density at radius 3 is 2.71 bits per heavy atom. The molecule has 0 saturated carbocycles. The molecule has 0 aromatic rings. The summed E-state index contributed by atoms with van der Waals surface area (Å²) in [6.45, 7) is 2.67. The first kappa shape index (κ1) is 12.3. The molecule has 0 aliphatic carbocycles. The van der Waals surface area contributed by atoms with Gasteiger partial charge >= 0.3 is 0 Å². The predicted molar refractivity (Wildman–Crippen MR) is 63.5 cm³/mol. The average Bonchev–Trinajstić information content (AvgIpc) is 2.33. The first-order valence-electron chi connectivity index (χ1n) is 6.14. The molecule has 2 amide bonds. The number of hydrogen-bond acceptors (Lipinski definition) is 4. The number of nitrogens with zero attached hydrogens (tertiary/aromatic N) is 1. The molecule has 2 heterocycles. The van der Waals surface area contributed by atoms with E-state index in [1.165, 1.54) is 0 Å². The molecule has 17 heavy (non-hydrogen) atoms. The van der Waals surface area contributed by atoms with Crippen molar-refractivity contribution in [3.8, 4) is 0 Å². The number of likely N-dealkylation sites (tertiary alicyclic amines) is 1. The predicted octanol–water partition coefficient (Wildman–Crippen LogP) is -1.72. The van der Waals surface area contributed by atoms with Crippen molar-refractivity contribution >= 4 is 11.8 Å². The molecular formula is C11H20N4O2. The van der Waals surface area contributed by atoms with Gasteiger partial charge in [0.2, 0.25) is 11.8 Å². The maximum absolute atomic E-state index is 11.9. The summed E-state index contributed by atoms with van der Waals surface area (Å²) in [7, 11) is 2.09. The van der Waals surface area contributed by atoms with Gasteiger partial charge in [0.1, 0.15) is 6.04 Å². The first-order chi connectivity index (χ1) is 8.15. The van der Waals surface area contributed by atoms with E-state index in [0.29, 0.717) is 6.54 Å². The molecule has 0 spiro atoms. The summed E-state index contributed by atoms with van der Waals surface area (Å²) < 4.78 is 0. The van der Waals surface area contributed by atoms with Crippen LogP contribution in [0, 0.1) is 0 Å². The Balaban J connectivity index is 1.75. The number of carbonyl (C=O) groups is 2. The summed E-state index contributed by atoms with van der Waals surface area (Å²) in [5.41, 5.74) is 0. The van der Waals surface area contributed by atoms with Crippen LogP contribution in [-0.2, 0) is 9.59 Å². The van der Waals surface area contributed by atoms with Crippen LogP contribution in [0.1, 0.15) is 12.8 Å². The smallest absolute Gasteiger partial charge is 0.239 e. The third kappa shape index (κ3) is 3.41. The highest BCUT2D eigenvalue weighted by molar-refractivity contribution is 5.86. The first-order valence-corrected chi connectivity index (χ1v) is 6.14. The van der Waals surface area contributed by atoms with Crippen LogP contribution in [0.5, 0.6) is 0 Å². The third-order valence-electron chi connectivity index (χ3n) is 3.39. The van der Waals surface area contributed by atoms with E-state index >= 15 is 0 Å². The van der Waals surface area contributed by atoms with Gasteiger partial charge in [-0.2, -0.15) is 0 Å². The lowest BCUT2D eigenvalue weighted by atomic mass is 10.0. The molecule has 2 aliphatic rings. The van der Waals surface area contributed by atoms with Crippen molar-refractivity contribution in [1.82, 2.24) is 20.9 Å². The van der Waals surface area contributed by atoms with Crippen LogP contribution in [-0.4, -0.2) is 62.0 Å². The Hall–Kier alpha value is -1.14. The van der Waals surface area contributed by atoms with Gasteiger partial charge in [0, 0.05) is 12.6 Å². The molecule has 0 aromatic carbocycles. The molecule has 0 radical (unpaired) electrons. The minimum absolute atomic E-state index is 0.000414. The standard InChI is InChI=1S/C11H20N4O2/c1-15-4-2-8(3-5-15)14-11(17)9-6-13-10(16)7-12-9/h8-9,12H,2-7H2,1H3,(H,13,16)(H,14,17). The van der Waals surface area contributed by atoms with Crippen molar-refractivity contribution in [1.29, 1.82) is 0 Å². The largest absolute Gasteiger partial charge is 0.353 e. The van der Waals surface area contributed by atoms with E-state index in [1.807, 2.05) is 0 Å². The van der Waals surface area contributed by atoms with Gasteiger partial charge < -0.3 is 15.5 Å². The highest BCUT2D eigenvalue weighted by atomic mass is 16.2. The van der Waals surface area contributed by atoms with Gasteiger partial charge in [-0.15, -0.1) is 0 Å². The molecule has 96 valence electrons. The average molecular weight is 240 g/mol. The number of carbonyl (C=O) groups excluding carboxylic acids is 2. The van der Waals surface area contributed by atoms with Crippen LogP contribution in [0.25, 0.3) is 0 Å². The molecule has 0 bridgehead atoms. The number of piperazine rings is 1. The zero-order valence-electron chi connectivity index (χ0n) is 10.2. The summed E-state index contributed by atoms with van der Waals surface area (Å²) >= 11 is 0. The third-order valence-corrected chi connectivity index (χ3v) is 3.39. The van der Waals surface area contributed by atoms with Gasteiger partial charge in [-0.1, -0.05) is 0 Å². The van der Waals surface area contributed by atoms with E-state index in [9.17, 15) is 9.59 Å². The number of hydrogen-bond donors (Lipinski definition) is 3. The van der Waals surface area contributed by atoms with Crippen LogP contribution >= 0.6 is 0 Å². The second kappa shape index (κ2) is 5.46. The molecule has 1 atom stereocenters. The van der Waals surface area contributed by atoms with Crippen LogP contribution in [0.15, 0.2) is 0 Å². The van der Waals surface area contributed by atoms with Crippen LogP contribution in [0.4, 0.5) is 0 Å². The molecule has 2 fully saturated rings. The Kier molecular flexibility index (Phi) is 3.96. The highest BCUT2D eigenvalue weighted by Gasteiger charge is 2.26. The second-order valence-corrected chi connectivity index (χ2v) is 4.82. The fourth-order valence-corrected chi connectivity index (χ4v) is 2.21. The Bertz CT molecular complexity index is 290. The minimum Gasteiger partial charge on any atom is -0.353 e. The summed E-state index contributed by atoms with van der Waals surface area (Å²) in [6.07, 6.45) is 2.00. The quantitative estimate of drug-likeness (QED) is 0.537. The lowest BCUT2D eigenvalue weighted by molar-refractivity contribution is -0.127. The van der Waals surface area contributed by atoms with Crippen molar-refractivity contribution < 1.29 is 9.59 Å². The molecule has 3 N–H and O–H groups in total. The Morgan fingerprint density at radius 2 is 2.12 bits per heavy atom. The van der Waals surface area contributed by atoms with E-state index in [1.54, 1.807) is 0 Å². The molecular weight excluding hydrogens is 220 g/mol. The van der Waals surface area contributed by atoms with E-state index in [-0.39, 0.29) is 30.4 Å². The van der Waals surface area contributed by atoms with Crippen LogP contribution < -0.4 is 16.0 Å². The number of rotatable bonds is 2. The molecule has 1 unspecified atom stereocenters. The van der Waals surface area contributed by atoms with E-state index in [0.717, 1.165) is 25.9 Å². The van der Waals surface area contributed by atoms with Gasteiger partial charge in [-0.25, -0.2) is 0 Å². The highest BCUT2D eigenvalue weighted by Crippen LogP contribution is 2.08. The van der Waals surface area contributed by atoms with Crippen LogP contribution in [0.2, 0.25) is 0 Å². The van der Waals surface area contributed by atoms with Gasteiger partial charge in [0.15, 0.2) is 0 Å². The summed E-state index contributed by atoms with van der Waals surface area (Å²) in [5.74, 6) is -0.0482. The molecule has 2 saturated heterocycles. The van der Waals surface area contributed by atoms with Crippen molar-refractivity contribution in [2.24, 2.45) is 0 Å². The summed E-state index contributed by atoms with van der Waals surface area (Å²) in [5, 5.41) is 8.66. The molecule has 6 nitrogen and oxygen atoms in total. The van der Waals surface area contributed by atoms with E-state index in [2.05, 4.69) is 27.9 Å². The molecule has 6 heteroatoms. The van der Waals surface area contributed by atoms with Gasteiger partial charge in [-0.3, -0.25) is 14.9 Å². The number of amides is 2. The van der Waals surface area contributed by atoms with E-state index in [4.69, 9.17) is 0 Å². The lowest BCUT2D eigenvalue weighted by Crippen LogP contribution is -2.59. The summed E-state index contributed by atoms with van der Waals surface area (Å²) in [4.78, 5) is 25.1. The maximum Gasteiger partial charge on any atom is 0.239 e. The second-order valence-electron chi connectivity index (χ2n) is 4.82. The SMILES string of the molecule is CN1CCC(NC(=O)C2CNC(=O)CN2)CC1. The fourth-order valence-electron chi connectivity index (χ4n) is 2.21. The fraction of sp³-hybridized carbons (Fsp3) is 0.818. The monoisotopic (exact) mass is 240 g/mol. The van der Waals surface area contributed by atoms with Crippen LogP contribution in [0.3, 0.4) is 0 Å². The molecule has 2 aliphatic heterocycles. The molecule has 2 rings (SSSR count). The normalized spacial score (nSPS) is 27.6. The van der Waals surface area contributed by atoms with Crippen molar-refractivity contribution in [3.63, 3.8) is 0 Å². The van der Waals surface area contributed by atoms with Crippen molar-refractivity contribution in [2.75, 3.05) is 33.2 Å². The Morgan fingerprint density at radius 1 is 1.41 bits per heavy atom. The maximum atomic E-state index is 11.9. The minimum atomic E-state index is -0.285. The van der Waals surface area contributed by atoms with Gasteiger partial charge in [-0.05, 0) is 33.0 Å². The number of nitrogens with one attached hydrogen (secondary N) is 3. The zero-order valence-corrected chi connectivity index (χ0v) is 10.2. The Labute approximate surface area is 101 Å². The molecule has 0 aromatic heterocycles. The summed E-state index contributed by atoms with van der Waals surface area (Å²) in [6, 6.07) is -0.00881. The van der Waals surface area contributed by atoms with Crippen molar-refractivity contribution in [3.05, 3.63) is 0 Å².